The van der Waals surface area contributed by atoms with E-state index >= 15 is 0 Å². The predicted octanol–water partition coefficient (Wildman–Crippen LogP) is 4.42. The van der Waals surface area contributed by atoms with Crippen molar-refractivity contribution in [3.63, 3.8) is 0 Å². The number of hydrogen-bond donors (Lipinski definition) is 2. The minimum atomic E-state index is 0.344. The summed E-state index contributed by atoms with van der Waals surface area (Å²) in [6, 6.07) is 12.1. The maximum Gasteiger partial charge on any atom is 0.250 e. The fourth-order valence-electron chi connectivity index (χ4n) is 3.19. The third-order valence-electron chi connectivity index (χ3n) is 4.83. The summed E-state index contributed by atoms with van der Waals surface area (Å²) in [6.07, 6.45) is 1.70. The highest BCUT2D eigenvalue weighted by Crippen LogP contribution is 2.27. The summed E-state index contributed by atoms with van der Waals surface area (Å²) in [5.41, 5.74) is 5.89. The highest BCUT2D eigenvalue weighted by atomic mass is 127. The Kier molecular flexibility index (Phi) is 8.14. The van der Waals surface area contributed by atoms with E-state index in [9.17, 15) is 0 Å². The van der Waals surface area contributed by atoms with Crippen LogP contribution in [-0.4, -0.2) is 54.6 Å². The number of halogens is 2. The molecule has 4 rings (SSSR count). The van der Waals surface area contributed by atoms with Crippen LogP contribution in [-0.2, 0) is 4.74 Å². The summed E-state index contributed by atoms with van der Waals surface area (Å²) in [5, 5.41) is 7.62. The van der Waals surface area contributed by atoms with E-state index in [1.165, 1.54) is 5.56 Å². The molecule has 1 aromatic heterocycles. The van der Waals surface area contributed by atoms with E-state index in [2.05, 4.69) is 80.9 Å². The summed E-state index contributed by atoms with van der Waals surface area (Å²) < 4.78 is 13.1. The fourth-order valence-corrected chi connectivity index (χ4v) is 5.30. The van der Waals surface area contributed by atoms with E-state index < -0.39 is 0 Å². The molecule has 0 unspecified atom stereocenters. The number of aryl methyl sites for hydroxylation is 1. The van der Waals surface area contributed by atoms with Crippen LogP contribution in [0.25, 0.3) is 0 Å². The second-order valence-electron chi connectivity index (χ2n) is 7.25. The Morgan fingerprint density at radius 2 is 1.79 bits per heavy atom. The fraction of sp³-hybridized carbons (Fsp3) is 0.273. The van der Waals surface area contributed by atoms with Crippen LogP contribution >= 0.6 is 45.2 Å². The molecule has 0 spiro atoms. The topological polar surface area (TPSA) is 96.8 Å². The number of nitrogens with zero attached hydrogens (tertiary/aromatic N) is 5. The Hall–Kier alpha value is -2.26. The van der Waals surface area contributed by atoms with Crippen LogP contribution in [0.3, 0.4) is 0 Å². The normalized spacial score (nSPS) is 13.9. The molecule has 1 fully saturated rings. The van der Waals surface area contributed by atoms with Gasteiger partial charge in [-0.05, 0) is 76.4 Å². The van der Waals surface area contributed by atoms with Gasteiger partial charge in [0, 0.05) is 27.9 Å². The summed E-state index contributed by atoms with van der Waals surface area (Å²) in [5.74, 6) is 2.13. The average Bonchev–Trinajstić information content (AvgIpc) is 2.81. The van der Waals surface area contributed by atoms with E-state index in [0.717, 1.165) is 37.2 Å². The average molecular weight is 671 g/mol. The summed E-state index contributed by atoms with van der Waals surface area (Å²) in [4.78, 5) is 15.8. The lowest BCUT2D eigenvalue weighted by Crippen LogP contribution is -2.37. The largest absolute Gasteiger partial charge is 0.495 e. The van der Waals surface area contributed by atoms with Crippen molar-refractivity contribution in [3.8, 4) is 5.75 Å². The van der Waals surface area contributed by atoms with Crippen LogP contribution < -0.4 is 20.4 Å². The molecule has 0 bridgehead atoms. The summed E-state index contributed by atoms with van der Waals surface area (Å²) in [6.45, 7) is 4.76. The highest BCUT2D eigenvalue weighted by molar-refractivity contribution is 14.1. The van der Waals surface area contributed by atoms with Gasteiger partial charge >= 0.3 is 0 Å². The van der Waals surface area contributed by atoms with E-state index in [-0.39, 0.29) is 0 Å². The maximum atomic E-state index is 5.53. The zero-order valence-electron chi connectivity index (χ0n) is 18.2. The zero-order chi connectivity index (χ0) is 23.2. The molecule has 1 aliphatic heterocycles. The lowest BCUT2D eigenvalue weighted by Gasteiger charge is -2.27. The molecule has 3 aromatic rings. The first kappa shape index (κ1) is 23.9. The summed E-state index contributed by atoms with van der Waals surface area (Å²) >= 11 is 4.53. The molecule has 1 saturated heterocycles. The van der Waals surface area contributed by atoms with Crippen molar-refractivity contribution in [1.29, 1.82) is 0 Å². The molecule has 0 atom stereocenters. The van der Waals surface area contributed by atoms with Gasteiger partial charge in [-0.1, -0.05) is 17.7 Å². The monoisotopic (exact) mass is 671 g/mol. The van der Waals surface area contributed by atoms with Crippen LogP contribution in [0.15, 0.2) is 41.5 Å². The number of nitrogens with one attached hydrogen (secondary N) is 2. The molecule has 0 radical (unpaired) electrons. The second-order valence-corrected chi connectivity index (χ2v) is 9.66. The number of methoxy groups -OCH3 is 1. The molecule has 11 heteroatoms. The van der Waals surface area contributed by atoms with Crippen LogP contribution in [0.4, 0.5) is 23.5 Å². The van der Waals surface area contributed by atoms with Gasteiger partial charge in [0.2, 0.25) is 17.8 Å². The molecule has 2 N–H and O–H groups in total. The minimum Gasteiger partial charge on any atom is -0.495 e. The number of rotatable bonds is 7. The Morgan fingerprint density at radius 3 is 2.52 bits per heavy atom. The lowest BCUT2D eigenvalue weighted by atomic mass is 10.2. The van der Waals surface area contributed by atoms with E-state index in [1.54, 1.807) is 13.3 Å². The predicted molar refractivity (Wildman–Crippen MR) is 147 cm³/mol. The van der Waals surface area contributed by atoms with Gasteiger partial charge in [0.05, 0.1) is 30.1 Å². The van der Waals surface area contributed by atoms with Gasteiger partial charge in [0.1, 0.15) is 5.75 Å². The number of ether oxygens (including phenoxy) is 2. The van der Waals surface area contributed by atoms with Gasteiger partial charge in [0.25, 0.3) is 0 Å². The van der Waals surface area contributed by atoms with Crippen molar-refractivity contribution in [3.05, 3.63) is 54.7 Å². The van der Waals surface area contributed by atoms with Gasteiger partial charge in [-0.2, -0.15) is 20.1 Å². The molecule has 0 amide bonds. The molecule has 9 nitrogen and oxygen atoms in total. The Bertz CT molecular complexity index is 1140. The Balaban J connectivity index is 1.59. The van der Waals surface area contributed by atoms with Gasteiger partial charge in [-0.3, -0.25) is 0 Å². The first-order valence-electron chi connectivity index (χ1n) is 10.3. The molecule has 2 heterocycles. The molecular weight excluding hydrogens is 648 g/mol. The van der Waals surface area contributed by atoms with Crippen LogP contribution in [0, 0.1) is 14.1 Å². The van der Waals surface area contributed by atoms with Gasteiger partial charge in [-0.15, -0.1) is 0 Å². The van der Waals surface area contributed by atoms with Gasteiger partial charge < -0.3 is 19.7 Å². The number of hydrogen-bond acceptors (Lipinski definition) is 9. The van der Waals surface area contributed by atoms with Crippen molar-refractivity contribution >= 4 is 74.9 Å². The quantitative estimate of drug-likeness (QED) is 0.217. The number of benzene rings is 2. The first-order chi connectivity index (χ1) is 16.0. The summed E-state index contributed by atoms with van der Waals surface area (Å²) in [7, 11) is 1.65. The van der Waals surface area contributed by atoms with Crippen LogP contribution in [0.5, 0.6) is 5.75 Å². The van der Waals surface area contributed by atoms with Gasteiger partial charge in [0.15, 0.2) is 0 Å². The number of anilines is 4. The van der Waals surface area contributed by atoms with Crippen molar-refractivity contribution in [2.24, 2.45) is 5.10 Å². The van der Waals surface area contributed by atoms with E-state index in [1.807, 2.05) is 43.3 Å². The lowest BCUT2D eigenvalue weighted by molar-refractivity contribution is 0.122. The second kappa shape index (κ2) is 11.2. The minimum absolute atomic E-state index is 0.344. The van der Waals surface area contributed by atoms with E-state index in [4.69, 9.17) is 9.47 Å². The standard InChI is InChI=1S/C22H23I2N7O2/c1-14-3-5-17(6-4-14)26-20-27-21(29-22(28-20)31-7-9-33-10-8-31)30-25-13-15-11-16(23)12-18(24)19(15)32-2/h3-6,11-13H,7-10H2,1-2H3,(H2,26,27,28,29,30)/b25-13+. The third-order valence-corrected chi connectivity index (χ3v) is 6.26. The van der Waals surface area contributed by atoms with E-state index in [0.29, 0.717) is 31.1 Å². The third kappa shape index (κ3) is 6.41. The number of hydrazone groups is 1. The smallest absolute Gasteiger partial charge is 0.250 e. The SMILES string of the molecule is COc1c(I)cc(I)cc1/C=N/Nc1nc(Nc2ccc(C)cc2)nc(N2CCOCC2)n1. The molecule has 33 heavy (non-hydrogen) atoms. The molecule has 1 aliphatic rings. The Morgan fingerprint density at radius 1 is 1.06 bits per heavy atom. The molecule has 172 valence electrons. The van der Waals surface area contributed by atoms with Crippen molar-refractivity contribution < 1.29 is 9.47 Å². The van der Waals surface area contributed by atoms with Crippen molar-refractivity contribution in [1.82, 2.24) is 15.0 Å². The van der Waals surface area contributed by atoms with Crippen molar-refractivity contribution in [2.75, 3.05) is 49.1 Å². The first-order valence-corrected chi connectivity index (χ1v) is 12.4. The number of morpholine rings is 1. The molecule has 0 saturated carbocycles. The molecular formula is C22H23I2N7O2. The van der Waals surface area contributed by atoms with Crippen LogP contribution in [0.2, 0.25) is 0 Å². The maximum absolute atomic E-state index is 5.53. The Labute approximate surface area is 219 Å². The zero-order valence-corrected chi connectivity index (χ0v) is 22.5. The van der Waals surface area contributed by atoms with Crippen molar-refractivity contribution in [2.45, 2.75) is 6.92 Å². The van der Waals surface area contributed by atoms with Gasteiger partial charge in [-0.25, -0.2) is 5.43 Å². The van der Waals surface area contributed by atoms with Crippen LogP contribution in [0.1, 0.15) is 11.1 Å². The highest BCUT2D eigenvalue weighted by Gasteiger charge is 2.17. The molecule has 2 aromatic carbocycles. The number of aromatic nitrogens is 3. The molecule has 0 aliphatic carbocycles.